The second kappa shape index (κ2) is 6.75. The predicted octanol–water partition coefficient (Wildman–Crippen LogP) is 3.35. The van der Waals surface area contributed by atoms with Gasteiger partial charge in [0.15, 0.2) is 0 Å². The number of hydrogen-bond donors (Lipinski definition) is 2. The summed E-state index contributed by atoms with van der Waals surface area (Å²) in [5.41, 5.74) is 4.94. The van der Waals surface area contributed by atoms with Crippen molar-refractivity contribution in [2.24, 2.45) is 0 Å². The maximum absolute atomic E-state index is 12.0. The Bertz CT molecular complexity index is 696. The first-order valence-electron chi connectivity index (χ1n) is 7.08. The molecule has 0 bridgehead atoms. The van der Waals surface area contributed by atoms with Crippen LogP contribution in [0.1, 0.15) is 31.9 Å². The largest absolute Gasteiger partial charge is 0.342 e. The zero-order chi connectivity index (χ0) is 16.3. The summed E-state index contributed by atoms with van der Waals surface area (Å²) in [6.45, 7) is 7.79. The molecule has 1 aromatic heterocycles. The Labute approximate surface area is 134 Å². The van der Waals surface area contributed by atoms with Crippen molar-refractivity contribution in [1.82, 2.24) is 5.32 Å². The monoisotopic (exact) mass is 316 g/mol. The number of carbonyl (C=O) groups excluding carboxylic acids is 2. The van der Waals surface area contributed by atoms with Gasteiger partial charge in [-0.1, -0.05) is 17.7 Å². The van der Waals surface area contributed by atoms with Crippen LogP contribution in [0.25, 0.3) is 0 Å². The molecule has 0 spiro atoms. The fourth-order valence-corrected chi connectivity index (χ4v) is 3.25. The minimum atomic E-state index is -0.224. The van der Waals surface area contributed by atoms with Crippen molar-refractivity contribution >= 4 is 28.8 Å². The molecule has 2 rings (SSSR count). The van der Waals surface area contributed by atoms with E-state index in [1.165, 1.54) is 11.3 Å². The highest BCUT2D eigenvalue weighted by atomic mass is 32.1. The molecular formula is C17H20N2O2S. The van der Waals surface area contributed by atoms with Gasteiger partial charge in [0.05, 0.1) is 11.4 Å². The van der Waals surface area contributed by atoms with E-state index >= 15 is 0 Å². The Morgan fingerprint density at radius 3 is 2.23 bits per heavy atom. The highest BCUT2D eigenvalue weighted by Gasteiger charge is 2.13. The topological polar surface area (TPSA) is 58.2 Å². The second-order valence-electron chi connectivity index (χ2n) is 5.44. The molecule has 2 amide bonds. The van der Waals surface area contributed by atoms with E-state index in [4.69, 9.17) is 0 Å². The summed E-state index contributed by atoms with van der Waals surface area (Å²) < 4.78 is 0. The van der Waals surface area contributed by atoms with Gasteiger partial charge in [-0.25, -0.2) is 0 Å². The number of benzene rings is 1. The van der Waals surface area contributed by atoms with Gasteiger partial charge >= 0.3 is 0 Å². The molecular weight excluding hydrogens is 296 g/mol. The molecule has 0 aliphatic heterocycles. The maximum Gasteiger partial charge on any atom is 0.262 e. The Kier molecular flexibility index (Phi) is 4.98. The van der Waals surface area contributed by atoms with Crippen molar-refractivity contribution in [1.29, 1.82) is 0 Å². The van der Waals surface area contributed by atoms with Crippen molar-refractivity contribution in [3.8, 4) is 0 Å². The number of amides is 2. The zero-order valence-corrected chi connectivity index (χ0v) is 14.1. The molecule has 1 heterocycles. The van der Waals surface area contributed by atoms with Gasteiger partial charge in [-0.3, -0.25) is 9.59 Å². The van der Waals surface area contributed by atoms with Crippen LogP contribution in [0.15, 0.2) is 23.6 Å². The fourth-order valence-electron chi connectivity index (χ4n) is 2.41. The van der Waals surface area contributed by atoms with Gasteiger partial charge in [-0.15, -0.1) is 11.3 Å². The molecule has 0 radical (unpaired) electrons. The van der Waals surface area contributed by atoms with E-state index in [-0.39, 0.29) is 18.4 Å². The van der Waals surface area contributed by atoms with Crippen LogP contribution in [0.3, 0.4) is 0 Å². The molecule has 5 heteroatoms. The molecule has 0 fully saturated rings. The number of carbonyl (C=O) groups is 2. The highest BCUT2D eigenvalue weighted by molar-refractivity contribution is 7.12. The van der Waals surface area contributed by atoms with E-state index in [2.05, 4.69) is 10.6 Å². The molecule has 0 saturated heterocycles. The summed E-state index contributed by atoms with van der Waals surface area (Å²) in [5, 5.41) is 7.39. The third-order valence-corrected chi connectivity index (χ3v) is 4.43. The maximum atomic E-state index is 12.0. The van der Waals surface area contributed by atoms with Crippen LogP contribution in [0, 0.1) is 27.7 Å². The molecule has 1 aromatic carbocycles. The van der Waals surface area contributed by atoms with E-state index in [0.717, 1.165) is 27.9 Å². The Morgan fingerprint density at radius 1 is 1.05 bits per heavy atom. The Hall–Kier alpha value is -2.14. The molecule has 0 aliphatic rings. The predicted molar refractivity (Wildman–Crippen MR) is 90.7 cm³/mol. The van der Waals surface area contributed by atoms with Gasteiger partial charge in [0.2, 0.25) is 5.91 Å². The first-order chi connectivity index (χ1) is 10.4. The normalized spacial score (nSPS) is 10.4. The lowest BCUT2D eigenvalue weighted by Crippen LogP contribution is -2.33. The molecule has 2 N–H and O–H groups in total. The summed E-state index contributed by atoms with van der Waals surface area (Å²) >= 11 is 1.38. The third kappa shape index (κ3) is 3.74. The number of rotatable bonds is 4. The van der Waals surface area contributed by atoms with E-state index in [1.807, 2.05) is 51.3 Å². The molecule has 4 nitrogen and oxygen atoms in total. The van der Waals surface area contributed by atoms with Crippen LogP contribution in [-0.4, -0.2) is 18.4 Å². The van der Waals surface area contributed by atoms with Gasteiger partial charge in [0, 0.05) is 5.69 Å². The molecule has 0 unspecified atom stereocenters. The van der Waals surface area contributed by atoms with Crippen LogP contribution >= 0.6 is 11.3 Å². The quantitative estimate of drug-likeness (QED) is 0.909. The lowest BCUT2D eigenvalue weighted by Gasteiger charge is -2.13. The van der Waals surface area contributed by atoms with Crippen molar-refractivity contribution in [2.75, 3.05) is 11.9 Å². The van der Waals surface area contributed by atoms with Crippen molar-refractivity contribution in [2.45, 2.75) is 27.7 Å². The van der Waals surface area contributed by atoms with Gasteiger partial charge in [-0.05, 0) is 55.8 Å². The Balaban J connectivity index is 1.97. The third-order valence-electron chi connectivity index (χ3n) is 3.42. The summed E-state index contributed by atoms with van der Waals surface area (Å²) in [6, 6.07) is 5.94. The minimum absolute atomic E-state index is 0.0388. The summed E-state index contributed by atoms with van der Waals surface area (Å²) in [6.07, 6.45) is 0. The van der Waals surface area contributed by atoms with Crippen LogP contribution in [-0.2, 0) is 4.79 Å². The number of anilines is 1. The molecule has 0 aliphatic carbocycles. The standard InChI is InChI=1S/C17H20N2O2S/c1-10-7-12(3)15(13(4)8-10)19-14(20)9-18-17(21)16-11(2)5-6-22-16/h5-8H,9H2,1-4H3,(H,18,21)(H,19,20). The van der Waals surface area contributed by atoms with Crippen molar-refractivity contribution in [3.63, 3.8) is 0 Å². The van der Waals surface area contributed by atoms with Crippen LogP contribution in [0.5, 0.6) is 0 Å². The summed E-state index contributed by atoms with van der Waals surface area (Å²) in [4.78, 5) is 24.7. The second-order valence-corrected chi connectivity index (χ2v) is 6.35. The first kappa shape index (κ1) is 16.2. The summed E-state index contributed by atoms with van der Waals surface area (Å²) in [5.74, 6) is -0.433. The molecule has 0 saturated carbocycles. The molecule has 116 valence electrons. The fraction of sp³-hybridized carbons (Fsp3) is 0.294. The average molecular weight is 316 g/mol. The van der Waals surface area contributed by atoms with E-state index in [0.29, 0.717) is 4.88 Å². The van der Waals surface area contributed by atoms with Gasteiger partial charge in [-0.2, -0.15) is 0 Å². The van der Waals surface area contributed by atoms with Gasteiger partial charge < -0.3 is 10.6 Å². The van der Waals surface area contributed by atoms with Crippen LogP contribution in [0.2, 0.25) is 0 Å². The van der Waals surface area contributed by atoms with E-state index in [1.54, 1.807) is 0 Å². The van der Waals surface area contributed by atoms with Gasteiger partial charge in [0.1, 0.15) is 0 Å². The SMILES string of the molecule is Cc1cc(C)c(NC(=O)CNC(=O)c2sccc2C)c(C)c1. The number of nitrogens with one attached hydrogen (secondary N) is 2. The van der Waals surface area contributed by atoms with Gasteiger partial charge in [0.25, 0.3) is 5.91 Å². The molecule has 0 atom stereocenters. The number of hydrogen-bond acceptors (Lipinski definition) is 3. The average Bonchev–Trinajstić information content (AvgIpc) is 2.86. The molecule has 2 aromatic rings. The smallest absolute Gasteiger partial charge is 0.262 e. The number of aryl methyl sites for hydroxylation is 4. The number of thiophene rings is 1. The van der Waals surface area contributed by atoms with E-state index in [9.17, 15) is 9.59 Å². The highest BCUT2D eigenvalue weighted by Crippen LogP contribution is 2.21. The van der Waals surface area contributed by atoms with Crippen LogP contribution in [0.4, 0.5) is 5.69 Å². The first-order valence-corrected chi connectivity index (χ1v) is 7.96. The lowest BCUT2D eigenvalue weighted by atomic mass is 10.1. The van der Waals surface area contributed by atoms with E-state index < -0.39 is 0 Å². The summed E-state index contributed by atoms with van der Waals surface area (Å²) in [7, 11) is 0. The van der Waals surface area contributed by atoms with Crippen molar-refractivity contribution < 1.29 is 9.59 Å². The van der Waals surface area contributed by atoms with Crippen LogP contribution < -0.4 is 10.6 Å². The van der Waals surface area contributed by atoms with Crippen molar-refractivity contribution in [3.05, 3.63) is 50.7 Å². The zero-order valence-electron chi connectivity index (χ0n) is 13.2. The Morgan fingerprint density at radius 2 is 1.68 bits per heavy atom. The minimum Gasteiger partial charge on any atom is -0.342 e. The lowest BCUT2D eigenvalue weighted by molar-refractivity contribution is -0.115. The molecule has 22 heavy (non-hydrogen) atoms.